The summed E-state index contributed by atoms with van der Waals surface area (Å²) in [7, 11) is -0.383. The van der Waals surface area contributed by atoms with Crippen LogP contribution in [0.5, 0.6) is 0 Å². The van der Waals surface area contributed by atoms with Gasteiger partial charge in [0.2, 0.25) is 6.33 Å². The van der Waals surface area contributed by atoms with Gasteiger partial charge in [-0.25, -0.2) is 9.13 Å². The van der Waals surface area contributed by atoms with Crippen LogP contribution < -0.4 is 15.2 Å². The van der Waals surface area contributed by atoms with Crippen LogP contribution in [0, 0.1) is 0 Å². The number of benzene rings is 3. The Hall–Kier alpha value is -2.70. The smallest absolute Gasteiger partial charge is 0.236 e. The van der Waals surface area contributed by atoms with Gasteiger partial charge in [0.15, 0.2) is 0 Å². The number of aryl methyl sites for hydroxylation is 1. The average molecular weight is 442 g/mol. The van der Waals surface area contributed by atoms with Crippen molar-refractivity contribution < 1.29 is 4.57 Å². The number of hydrogen-bond acceptors (Lipinski definition) is 0. The first-order valence-electron chi connectivity index (χ1n) is 11.6. The summed E-state index contributed by atoms with van der Waals surface area (Å²) in [6, 6.07) is 28.7. The summed E-state index contributed by atoms with van der Waals surface area (Å²) in [6.07, 6.45) is 7.85. The van der Waals surface area contributed by atoms with Crippen molar-refractivity contribution in [3.63, 3.8) is 0 Å². The summed E-state index contributed by atoms with van der Waals surface area (Å²) in [6.45, 7) is 10.1. The minimum absolute atomic E-state index is 0.383. The first-order valence-corrected chi connectivity index (χ1v) is 13.1. The van der Waals surface area contributed by atoms with Gasteiger partial charge in [-0.3, -0.25) is 0 Å². The van der Waals surface area contributed by atoms with Crippen molar-refractivity contribution in [3.05, 3.63) is 109 Å². The van der Waals surface area contributed by atoms with Gasteiger partial charge in [0.1, 0.15) is 18.1 Å². The maximum absolute atomic E-state index is 2.35. The van der Waals surface area contributed by atoms with Gasteiger partial charge in [0.25, 0.3) is 0 Å². The highest BCUT2D eigenvalue weighted by atomic mass is 31.1. The molecular weight excluding hydrogens is 407 g/mol. The molecule has 4 aromatic rings. The molecule has 0 saturated carbocycles. The lowest BCUT2D eigenvalue weighted by molar-refractivity contribution is -0.691. The number of imidazole rings is 1. The second-order valence-electron chi connectivity index (χ2n) is 8.98. The molecule has 1 aromatic heterocycles. The SMILES string of the molecule is CC(C)c1cccc(C(C)C)c1-n1cc[n+](CCP(c2ccccc2)c2ccccc2)c1. The predicted octanol–water partition coefficient (Wildman–Crippen LogP) is 6.14. The zero-order chi connectivity index (χ0) is 22.5. The van der Waals surface area contributed by atoms with Gasteiger partial charge >= 0.3 is 0 Å². The standard InChI is InChI=1S/C29H34N2P/c1-23(2)27-16-11-17-28(24(3)4)29(27)31-19-18-30(22-31)20-21-32(25-12-7-5-8-13-25)26-14-9-6-10-15-26/h5-19,22-24H,20-21H2,1-4H3/q+1. The van der Waals surface area contributed by atoms with Crippen LogP contribution in [-0.2, 0) is 6.54 Å². The third kappa shape index (κ3) is 5.03. The van der Waals surface area contributed by atoms with Crippen molar-refractivity contribution in [2.24, 2.45) is 0 Å². The van der Waals surface area contributed by atoms with E-state index in [1.165, 1.54) is 27.4 Å². The molecule has 0 spiro atoms. The summed E-state index contributed by atoms with van der Waals surface area (Å²) < 4.78 is 4.68. The van der Waals surface area contributed by atoms with Gasteiger partial charge < -0.3 is 0 Å². The molecule has 0 bridgehead atoms. The third-order valence-corrected chi connectivity index (χ3v) is 8.50. The van der Waals surface area contributed by atoms with Crippen molar-refractivity contribution in [3.8, 4) is 5.69 Å². The van der Waals surface area contributed by atoms with Crippen LogP contribution in [-0.4, -0.2) is 10.7 Å². The molecule has 4 rings (SSSR count). The first-order chi connectivity index (χ1) is 15.5. The monoisotopic (exact) mass is 441 g/mol. The van der Waals surface area contributed by atoms with Gasteiger partial charge in [-0.05, 0) is 30.4 Å². The second kappa shape index (κ2) is 10.3. The van der Waals surface area contributed by atoms with Gasteiger partial charge in [0.05, 0.1) is 6.54 Å². The Morgan fingerprint density at radius 1 is 0.719 bits per heavy atom. The van der Waals surface area contributed by atoms with E-state index in [1.54, 1.807) is 0 Å². The molecule has 3 heteroatoms. The molecule has 164 valence electrons. The van der Waals surface area contributed by atoms with Crippen LogP contribution in [0.15, 0.2) is 97.6 Å². The highest BCUT2D eigenvalue weighted by Gasteiger charge is 2.21. The second-order valence-corrected chi connectivity index (χ2v) is 11.3. The van der Waals surface area contributed by atoms with Crippen LogP contribution in [0.2, 0.25) is 0 Å². The maximum Gasteiger partial charge on any atom is 0.249 e. The van der Waals surface area contributed by atoms with Crippen molar-refractivity contribution in [1.82, 2.24) is 4.57 Å². The van der Waals surface area contributed by atoms with E-state index in [2.05, 4.69) is 134 Å². The van der Waals surface area contributed by atoms with Gasteiger partial charge in [-0.15, -0.1) is 0 Å². The van der Waals surface area contributed by atoms with E-state index in [1.807, 2.05) is 0 Å². The molecule has 0 amide bonds. The molecule has 0 N–H and O–H groups in total. The number of aromatic nitrogens is 2. The molecule has 0 saturated heterocycles. The molecule has 0 unspecified atom stereocenters. The van der Waals surface area contributed by atoms with Crippen molar-refractivity contribution in [1.29, 1.82) is 0 Å². The summed E-state index contributed by atoms with van der Waals surface area (Å²) in [5.74, 6) is 0.979. The lowest BCUT2D eigenvalue weighted by Gasteiger charge is -2.18. The van der Waals surface area contributed by atoms with Gasteiger partial charge in [-0.1, -0.05) is 107 Å². The van der Waals surface area contributed by atoms with Gasteiger partial charge in [0, 0.05) is 17.3 Å². The average Bonchev–Trinajstić information content (AvgIpc) is 3.28. The first kappa shape index (κ1) is 22.5. The van der Waals surface area contributed by atoms with Crippen LogP contribution in [0.25, 0.3) is 5.69 Å². The van der Waals surface area contributed by atoms with Crippen LogP contribution in [0.1, 0.15) is 50.7 Å². The van der Waals surface area contributed by atoms with E-state index in [9.17, 15) is 0 Å². The minimum atomic E-state index is -0.383. The lowest BCUT2D eigenvalue weighted by Crippen LogP contribution is -2.34. The third-order valence-electron chi connectivity index (χ3n) is 6.01. The molecule has 0 aliphatic rings. The highest BCUT2D eigenvalue weighted by molar-refractivity contribution is 7.72. The molecule has 3 aromatic carbocycles. The molecule has 0 aliphatic heterocycles. The normalized spacial score (nSPS) is 11.6. The van der Waals surface area contributed by atoms with Crippen LogP contribution >= 0.6 is 7.92 Å². The summed E-state index contributed by atoms with van der Waals surface area (Å²) in [5.41, 5.74) is 4.18. The summed E-state index contributed by atoms with van der Waals surface area (Å²) >= 11 is 0. The predicted molar refractivity (Wildman–Crippen MR) is 138 cm³/mol. The van der Waals surface area contributed by atoms with Crippen molar-refractivity contribution >= 4 is 18.5 Å². The largest absolute Gasteiger partial charge is 0.249 e. The molecule has 32 heavy (non-hydrogen) atoms. The van der Waals surface area contributed by atoms with Crippen molar-refractivity contribution in [2.75, 3.05) is 6.16 Å². The topological polar surface area (TPSA) is 8.81 Å². The minimum Gasteiger partial charge on any atom is -0.236 e. The van der Waals surface area contributed by atoms with E-state index in [4.69, 9.17) is 0 Å². The highest BCUT2D eigenvalue weighted by Crippen LogP contribution is 2.33. The Kier molecular flexibility index (Phi) is 7.22. The summed E-state index contributed by atoms with van der Waals surface area (Å²) in [5, 5.41) is 2.89. The maximum atomic E-state index is 2.35. The van der Waals surface area contributed by atoms with Crippen molar-refractivity contribution in [2.45, 2.75) is 46.1 Å². The number of hydrogen-bond donors (Lipinski definition) is 0. The van der Waals surface area contributed by atoms with E-state index in [0.29, 0.717) is 11.8 Å². The number of para-hydroxylation sites is 1. The Labute approximate surface area is 194 Å². The molecule has 0 atom stereocenters. The van der Waals surface area contributed by atoms with Crippen LogP contribution in [0.3, 0.4) is 0 Å². The Morgan fingerprint density at radius 3 is 1.75 bits per heavy atom. The Morgan fingerprint density at radius 2 is 1.25 bits per heavy atom. The molecule has 0 aliphatic carbocycles. The van der Waals surface area contributed by atoms with E-state index in [0.717, 1.165) is 12.7 Å². The van der Waals surface area contributed by atoms with E-state index < -0.39 is 0 Å². The molecule has 1 heterocycles. The quantitative estimate of drug-likeness (QED) is 0.229. The summed E-state index contributed by atoms with van der Waals surface area (Å²) in [4.78, 5) is 0. The number of rotatable bonds is 8. The fourth-order valence-electron chi connectivity index (χ4n) is 4.31. The zero-order valence-corrected chi connectivity index (χ0v) is 20.5. The van der Waals surface area contributed by atoms with E-state index >= 15 is 0 Å². The number of nitrogens with zero attached hydrogens (tertiary/aromatic N) is 2. The molecule has 2 nitrogen and oxygen atoms in total. The molecular formula is C29H34N2P+. The Bertz CT molecular complexity index is 1060. The van der Waals surface area contributed by atoms with E-state index in [-0.39, 0.29) is 7.92 Å². The van der Waals surface area contributed by atoms with Crippen LogP contribution in [0.4, 0.5) is 0 Å². The lowest BCUT2D eigenvalue weighted by atomic mass is 9.92. The fraction of sp³-hybridized carbons (Fsp3) is 0.276. The molecule has 0 fully saturated rings. The fourth-order valence-corrected chi connectivity index (χ4v) is 6.62. The zero-order valence-electron chi connectivity index (χ0n) is 19.6. The molecule has 0 radical (unpaired) electrons. The Balaban J connectivity index is 1.61. The van der Waals surface area contributed by atoms with Gasteiger partial charge in [-0.2, -0.15) is 0 Å².